The first-order chi connectivity index (χ1) is 12.8. The van der Waals surface area contributed by atoms with Crippen molar-refractivity contribution in [3.8, 4) is 22.8 Å². The number of aromatic amines is 1. The molecule has 3 heterocycles. The Morgan fingerprint density at radius 2 is 1.69 bits per heavy atom. The number of fused-ring (bicyclic) bond motifs is 1. The maximum atomic E-state index is 5.41. The van der Waals surface area contributed by atoms with Gasteiger partial charge in [-0.15, -0.1) is 0 Å². The van der Waals surface area contributed by atoms with Crippen LogP contribution in [0.5, 0.6) is 0 Å². The Kier molecular flexibility index (Phi) is 3.75. The average Bonchev–Trinajstić information content (AvgIpc) is 3.43. The van der Waals surface area contributed by atoms with Gasteiger partial charge in [-0.25, -0.2) is 4.98 Å². The zero-order valence-electron chi connectivity index (χ0n) is 14.4. The minimum atomic E-state index is 0.635. The van der Waals surface area contributed by atoms with Crippen molar-refractivity contribution in [3.05, 3.63) is 54.4 Å². The highest BCUT2D eigenvalue weighted by molar-refractivity contribution is 5.79. The van der Waals surface area contributed by atoms with Crippen molar-refractivity contribution in [1.29, 1.82) is 0 Å². The molecule has 1 fully saturated rings. The summed E-state index contributed by atoms with van der Waals surface area (Å²) in [6, 6.07) is 16.1. The second kappa shape index (κ2) is 6.38. The molecular formula is C20H19N5O. The van der Waals surface area contributed by atoms with Gasteiger partial charge in [-0.1, -0.05) is 41.6 Å². The third kappa shape index (κ3) is 2.88. The zero-order valence-corrected chi connectivity index (χ0v) is 14.4. The summed E-state index contributed by atoms with van der Waals surface area (Å²) in [6.07, 6.45) is 2.51. The van der Waals surface area contributed by atoms with E-state index in [2.05, 4.69) is 25.0 Å². The van der Waals surface area contributed by atoms with Gasteiger partial charge < -0.3 is 9.51 Å². The number of H-pyrrole nitrogens is 1. The van der Waals surface area contributed by atoms with Crippen molar-refractivity contribution in [1.82, 2.24) is 25.0 Å². The maximum absolute atomic E-state index is 5.41. The van der Waals surface area contributed by atoms with Crippen LogP contribution in [0.1, 0.15) is 18.7 Å². The fourth-order valence-corrected chi connectivity index (χ4v) is 3.44. The highest BCUT2D eigenvalue weighted by atomic mass is 16.5. The van der Waals surface area contributed by atoms with Crippen molar-refractivity contribution in [2.75, 3.05) is 13.1 Å². The zero-order chi connectivity index (χ0) is 17.3. The third-order valence-corrected chi connectivity index (χ3v) is 4.83. The number of nitrogens with zero attached hydrogens (tertiary/aromatic N) is 4. The summed E-state index contributed by atoms with van der Waals surface area (Å²) in [6.45, 7) is 2.97. The molecule has 0 unspecified atom stereocenters. The van der Waals surface area contributed by atoms with E-state index < -0.39 is 0 Å². The summed E-state index contributed by atoms with van der Waals surface area (Å²) in [5.41, 5.74) is 3.99. The van der Waals surface area contributed by atoms with Crippen LogP contribution in [0.25, 0.3) is 33.8 Å². The Balaban J connectivity index is 1.37. The van der Waals surface area contributed by atoms with Gasteiger partial charge in [0.15, 0.2) is 0 Å². The van der Waals surface area contributed by atoms with Gasteiger partial charge >= 0.3 is 0 Å². The fourth-order valence-electron chi connectivity index (χ4n) is 3.44. The summed E-state index contributed by atoms with van der Waals surface area (Å²) in [4.78, 5) is 14.9. The Bertz CT molecular complexity index is 995. The molecule has 1 aliphatic heterocycles. The number of nitrogens with one attached hydrogen (secondary N) is 1. The predicted molar refractivity (Wildman–Crippen MR) is 99.3 cm³/mol. The van der Waals surface area contributed by atoms with Crippen LogP contribution in [0.4, 0.5) is 0 Å². The summed E-state index contributed by atoms with van der Waals surface area (Å²) in [7, 11) is 0. The van der Waals surface area contributed by atoms with Gasteiger partial charge in [-0.2, -0.15) is 4.98 Å². The first-order valence-electron chi connectivity index (χ1n) is 8.96. The molecule has 6 nitrogen and oxygen atoms in total. The normalized spacial score (nSPS) is 15.1. The van der Waals surface area contributed by atoms with Crippen molar-refractivity contribution in [2.45, 2.75) is 19.4 Å². The highest BCUT2D eigenvalue weighted by Gasteiger charge is 2.16. The number of imidazole rings is 1. The Hall–Kier alpha value is -2.99. The molecule has 0 atom stereocenters. The van der Waals surface area contributed by atoms with E-state index in [0.29, 0.717) is 11.7 Å². The molecule has 0 amide bonds. The third-order valence-electron chi connectivity index (χ3n) is 4.83. The molecule has 0 saturated carbocycles. The molecule has 130 valence electrons. The summed E-state index contributed by atoms with van der Waals surface area (Å²) < 4.78 is 5.41. The van der Waals surface area contributed by atoms with Gasteiger partial charge in [-0.3, -0.25) is 4.90 Å². The molecule has 4 aromatic rings. The van der Waals surface area contributed by atoms with Crippen LogP contribution in [0.2, 0.25) is 0 Å². The van der Waals surface area contributed by atoms with Gasteiger partial charge in [0.2, 0.25) is 11.7 Å². The highest BCUT2D eigenvalue weighted by Crippen LogP contribution is 2.24. The molecule has 0 spiro atoms. The molecule has 2 aromatic carbocycles. The first-order valence-corrected chi connectivity index (χ1v) is 8.96. The Labute approximate surface area is 150 Å². The quantitative estimate of drug-likeness (QED) is 0.608. The lowest BCUT2D eigenvalue weighted by Gasteiger charge is -2.09. The van der Waals surface area contributed by atoms with E-state index in [-0.39, 0.29) is 0 Å². The van der Waals surface area contributed by atoms with E-state index in [9.17, 15) is 0 Å². The molecule has 26 heavy (non-hydrogen) atoms. The van der Waals surface area contributed by atoms with E-state index in [1.54, 1.807) is 0 Å². The van der Waals surface area contributed by atoms with Crippen LogP contribution >= 0.6 is 0 Å². The second-order valence-electron chi connectivity index (χ2n) is 6.67. The largest absolute Gasteiger partial charge is 0.338 e. The topological polar surface area (TPSA) is 70.8 Å². The van der Waals surface area contributed by atoms with Crippen molar-refractivity contribution >= 4 is 11.0 Å². The number of likely N-dealkylation sites (tertiary alicyclic amines) is 1. The lowest BCUT2D eigenvalue weighted by Crippen LogP contribution is -2.18. The fraction of sp³-hybridized carbons (Fsp3) is 0.250. The van der Waals surface area contributed by atoms with E-state index in [1.165, 1.54) is 12.8 Å². The van der Waals surface area contributed by atoms with Crippen LogP contribution < -0.4 is 0 Å². The summed E-state index contributed by atoms with van der Waals surface area (Å²) in [5, 5.41) is 4.13. The molecular weight excluding hydrogens is 326 g/mol. The van der Waals surface area contributed by atoms with E-state index in [1.807, 2.05) is 48.5 Å². The van der Waals surface area contributed by atoms with Gasteiger partial charge in [0.1, 0.15) is 5.82 Å². The van der Waals surface area contributed by atoms with E-state index in [4.69, 9.17) is 4.52 Å². The molecule has 0 aliphatic carbocycles. The van der Waals surface area contributed by atoms with Crippen LogP contribution in [0, 0.1) is 0 Å². The average molecular weight is 345 g/mol. The first kappa shape index (κ1) is 15.3. The monoisotopic (exact) mass is 345 g/mol. The van der Waals surface area contributed by atoms with Crippen LogP contribution in [-0.4, -0.2) is 38.1 Å². The number of benzene rings is 2. The lowest BCUT2D eigenvalue weighted by atomic mass is 10.1. The maximum Gasteiger partial charge on any atom is 0.241 e. The number of hydrogen-bond acceptors (Lipinski definition) is 5. The Morgan fingerprint density at radius 1 is 0.923 bits per heavy atom. The number of hydrogen-bond donors (Lipinski definition) is 1. The van der Waals surface area contributed by atoms with E-state index >= 15 is 0 Å². The van der Waals surface area contributed by atoms with Crippen LogP contribution in [-0.2, 0) is 6.54 Å². The predicted octanol–water partition coefficient (Wildman–Crippen LogP) is 3.88. The van der Waals surface area contributed by atoms with Crippen LogP contribution in [0.3, 0.4) is 0 Å². The number of rotatable bonds is 4. The van der Waals surface area contributed by atoms with Crippen molar-refractivity contribution < 1.29 is 4.52 Å². The van der Waals surface area contributed by atoms with Gasteiger partial charge in [0, 0.05) is 11.1 Å². The van der Waals surface area contributed by atoms with Gasteiger partial charge in [-0.05, 0) is 38.1 Å². The van der Waals surface area contributed by atoms with E-state index in [0.717, 1.165) is 47.6 Å². The van der Waals surface area contributed by atoms with Gasteiger partial charge in [0.05, 0.1) is 17.6 Å². The summed E-state index contributed by atoms with van der Waals surface area (Å²) in [5.74, 6) is 2.18. The summed E-state index contributed by atoms with van der Waals surface area (Å²) >= 11 is 0. The molecule has 2 aromatic heterocycles. The molecule has 5 rings (SSSR count). The van der Waals surface area contributed by atoms with Gasteiger partial charge in [0.25, 0.3) is 0 Å². The Morgan fingerprint density at radius 3 is 2.50 bits per heavy atom. The van der Waals surface area contributed by atoms with Crippen molar-refractivity contribution in [2.24, 2.45) is 0 Å². The molecule has 1 saturated heterocycles. The lowest BCUT2D eigenvalue weighted by molar-refractivity contribution is 0.268. The van der Waals surface area contributed by atoms with Crippen molar-refractivity contribution in [3.63, 3.8) is 0 Å². The molecule has 1 aliphatic rings. The minimum Gasteiger partial charge on any atom is -0.338 e. The van der Waals surface area contributed by atoms with Crippen LogP contribution in [0.15, 0.2) is 53.1 Å². The number of para-hydroxylation sites is 2. The second-order valence-corrected chi connectivity index (χ2v) is 6.67. The SMILES string of the molecule is c1ccc2[nH]c(-c3ccc(-c4noc(CN5CCCC5)n4)cc3)nc2c1. The standard InChI is InChI=1S/C20H19N5O/c1-2-6-17-16(5-1)21-19(22-17)14-7-9-15(10-8-14)20-23-18(26-24-20)13-25-11-3-4-12-25/h1-2,5-10H,3-4,11-13H2,(H,21,22). The molecule has 6 heteroatoms. The molecule has 0 bridgehead atoms. The minimum absolute atomic E-state index is 0.635. The molecule has 0 radical (unpaired) electrons. The molecule has 1 N–H and O–H groups in total. The number of aromatic nitrogens is 4. The smallest absolute Gasteiger partial charge is 0.241 e.